The first-order chi connectivity index (χ1) is 32.4. The largest absolute Gasteiger partial charge is 0.444 e. The number of hydrogen-bond donors (Lipinski definition) is 6. The molecule has 0 saturated carbocycles. The topological polar surface area (TPSA) is 202 Å². The van der Waals surface area contributed by atoms with Crippen LogP contribution in [0.4, 0.5) is 48.5 Å². The summed E-state index contributed by atoms with van der Waals surface area (Å²) in [5.41, 5.74) is 3.53. The van der Waals surface area contributed by atoms with Crippen LogP contribution in [0.3, 0.4) is 0 Å². The molecule has 6 amide bonds. The third-order valence-corrected chi connectivity index (χ3v) is 9.88. The molecule has 0 saturated heterocycles. The normalized spacial score (nSPS) is 12.7. The number of fused-ring (bicyclic) bond motifs is 15. The standard InChI is InChI=1S/C54H54N6O9/c1-52(2,3)67-49(64)58-43-25-34-19-37(28-43)46(61)55-41-17-11-14-32(23-41)35-20-39(30-44(26-35)59-50(65)68-53(4,5)6)48(63)57-42-18-12-15-33(24-42)36-21-38(47(62)56-40-16-10-13-31(34)22-40)29-45(27-36)60-51(66)69-54(7,8)9/h10-30H,1-9H3,(H,55,61)(H,56,62)(H,57,63)(H,58,64)(H,59,65)(H,60,66). The zero-order valence-corrected chi connectivity index (χ0v) is 39.8. The summed E-state index contributed by atoms with van der Waals surface area (Å²) in [6.07, 6.45) is -2.19. The summed E-state index contributed by atoms with van der Waals surface area (Å²) >= 11 is 0. The molecule has 0 unspecified atom stereocenters. The number of carbonyl (C=O) groups is 6. The first-order valence-electron chi connectivity index (χ1n) is 22.1. The summed E-state index contributed by atoms with van der Waals surface area (Å²) in [6, 6.07) is 35.5. The van der Waals surface area contributed by atoms with Crippen LogP contribution in [-0.4, -0.2) is 52.8 Å². The van der Waals surface area contributed by atoms with Crippen molar-refractivity contribution in [2.75, 3.05) is 31.9 Å². The minimum absolute atomic E-state index is 0.181. The van der Waals surface area contributed by atoms with Crippen LogP contribution in [0, 0.1) is 0 Å². The lowest BCUT2D eigenvalue weighted by atomic mass is 9.99. The highest BCUT2D eigenvalue weighted by Gasteiger charge is 2.22. The molecule has 354 valence electrons. The average Bonchev–Trinajstić information content (AvgIpc) is 3.24. The molecule has 15 heteroatoms. The Balaban J connectivity index is 1.38. The van der Waals surface area contributed by atoms with Crippen LogP contribution in [0.25, 0.3) is 33.4 Å². The Kier molecular flexibility index (Phi) is 13.6. The van der Waals surface area contributed by atoms with Crippen LogP contribution in [-0.2, 0) is 14.2 Å². The zero-order chi connectivity index (χ0) is 49.8. The summed E-state index contributed by atoms with van der Waals surface area (Å²) < 4.78 is 16.6. The number of carbonyl (C=O) groups excluding carboxylic acids is 6. The van der Waals surface area contributed by atoms with Crippen molar-refractivity contribution < 1.29 is 43.0 Å². The van der Waals surface area contributed by atoms with Gasteiger partial charge < -0.3 is 30.2 Å². The Morgan fingerprint density at radius 1 is 0.348 bits per heavy atom. The molecule has 1 aliphatic rings. The van der Waals surface area contributed by atoms with Crippen molar-refractivity contribution in [1.82, 2.24) is 0 Å². The van der Waals surface area contributed by atoms with Crippen LogP contribution in [0.15, 0.2) is 127 Å². The number of ether oxygens (including phenoxy) is 3. The number of hydrogen-bond acceptors (Lipinski definition) is 9. The van der Waals surface area contributed by atoms with Crippen LogP contribution in [0.5, 0.6) is 0 Å². The maximum atomic E-state index is 14.2. The van der Waals surface area contributed by atoms with E-state index >= 15 is 0 Å². The van der Waals surface area contributed by atoms with Gasteiger partial charge in [-0.25, -0.2) is 14.4 Å². The number of benzene rings is 6. The molecule has 6 N–H and O–H groups in total. The molecule has 1 heterocycles. The van der Waals surface area contributed by atoms with E-state index in [0.29, 0.717) is 50.4 Å². The van der Waals surface area contributed by atoms with Crippen LogP contribution >= 0.6 is 0 Å². The highest BCUT2D eigenvalue weighted by molar-refractivity contribution is 6.09. The van der Waals surface area contributed by atoms with E-state index in [2.05, 4.69) is 31.9 Å². The molecule has 0 atom stereocenters. The van der Waals surface area contributed by atoms with Gasteiger partial charge in [0.05, 0.1) is 0 Å². The molecule has 0 fully saturated rings. The summed E-state index contributed by atoms with van der Waals surface area (Å²) in [4.78, 5) is 81.7. The Labute approximate surface area is 400 Å². The van der Waals surface area contributed by atoms with Gasteiger partial charge in [-0.2, -0.15) is 0 Å². The Morgan fingerprint density at radius 2 is 0.594 bits per heavy atom. The predicted molar refractivity (Wildman–Crippen MR) is 269 cm³/mol. The molecule has 6 aromatic carbocycles. The predicted octanol–water partition coefficient (Wildman–Crippen LogP) is 12.8. The van der Waals surface area contributed by atoms with Crippen LogP contribution < -0.4 is 31.9 Å². The Bertz CT molecular complexity index is 2690. The van der Waals surface area contributed by atoms with Gasteiger partial charge >= 0.3 is 18.3 Å². The number of rotatable bonds is 3. The first kappa shape index (κ1) is 48.5. The van der Waals surface area contributed by atoms with Crippen molar-refractivity contribution in [2.45, 2.75) is 79.1 Å². The van der Waals surface area contributed by atoms with Gasteiger partial charge in [0, 0.05) is 50.8 Å². The molecule has 12 bridgehead atoms. The van der Waals surface area contributed by atoms with E-state index in [1.165, 1.54) is 18.2 Å². The van der Waals surface area contributed by atoms with Crippen LogP contribution in [0.1, 0.15) is 93.4 Å². The minimum atomic E-state index is -0.803. The fourth-order valence-electron chi connectivity index (χ4n) is 7.20. The molecule has 6 aromatic rings. The molecule has 0 aliphatic carbocycles. The van der Waals surface area contributed by atoms with Crippen molar-refractivity contribution in [3.8, 4) is 33.4 Å². The summed E-state index contributed by atoms with van der Waals surface area (Å²) in [5.74, 6) is -1.55. The van der Waals surface area contributed by atoms with Gasteiger partial charge in [-0.1, -0.05) is 36.4 Å². The molecule has 7 rings (SSSR count). The van der Waals surface area contributed by atoms with E-state index < -0.39 is 52.8 Å². The summed E-state index contributed by atoms with van der Waals surface area (Å²) in [6.45, 7) is 15.6. The van der Waals surface area contributed by atoms with E-state index in [1.807, 2.05) is 0 Å². The zero-order valence-electron chi connectivity index (χ0n) is 39.8. The third kappa shape index (κ3) is 13.6. The first-order valence-corrected chi connectivity index (χ1v) is 22.1. The fourth-order valence-corrected chi connectivity index (χ4v) is 7.20. The summed E-state index contributed by atoms with van der Waals surface area (Å²) in [5, 5.41) is 17.1. The van der Waals surface area contributed by atoms with E-state index in [1.54, 1.807) is 172 Å². The van der Waals surface area contributed by atoms with Gasteiger partial charge in [-0.3, -0.25) is 30.3 Å². The third-order valence-electron chi connectivity index (χ3n) is 9.88. The molecule has 69 heavy (non-hydrogen) atoms. The van der Waals surface area contributed by atoms with Gasteiger partial charge in [-0.05, 0) is 187 Å². The highest BCUT2D eigenvalue weighted by atomic mass is 16.6. The molecule has 1 aliphatic heterocycles. The average molecular weight is 931 g/mol. The number of amides is 6. The van der Waals surface area contributed by atoms with Crippen molar-refractivity contribution in [3.05, 3.63) is 144 Å². The molecule has 0 spiro atoms. The minimum Gasteiger partial charge on any atom is -0.444 e. The van der Waals surface area contributed by atoms with Gasteiger partial charge in [0.25, 0.3) is 17.7 Å². The van der Waals surface area contributed by atoms with Crippen LogP contribution in [0.2, 0.25) is 0 Å². The van der Waals surface area contributed by atoms with Crippen molar-refractivity contribution in [3.63, 3.8) is 0 Å². The second-order valence-corrected chi connectivity index (χ2v) is 19.4. The fraction of sp³-hybridized carbons (Fsp3) is 0.222. The molecule has 15 nitrogen and oxygen atoms in total. The lowest BCUT2D eigenvalue weighted by Gasteiger charge is -2.20. The monoisotopic (exact) mass is 930 g/mol. The Hall–Kier alpha value is -8.46. The van der Waals surface area contributed by atoms with Gasteiger partial charge in [-0.15, -0.1) is 0 Å². The maximum Gasteiger partial charge on any atom is 0.412 e. The van der Waals surface area contributed by atoms with E-state index in [0.717, 1.165) is 0 Å². The van der Waals surface area contributed by atoms with Crippen molar-refractivity contribution >= 4 is 70.1 Å². The Morgan fingerprint density at radius 3 is 0.841 bits per heavy atom. The van der Waals surface area contributed by atoms with Crippen molar-refractivity contribution in [2.24, 2.45) is 0 Å². The van der Waals surface area contributed by atoms with Crippen molar-refractivity contribution in [1.29, 1.82) is 0 Å². The maximum absolute atomic E-state index is 14.2. The second-order valence-electron chi connectivity index (χ2n) is 19.4. The lowest BCUT2D eigenvalue weighted by Crippen LogP contribution is -2.27. The highest BCUT2D eigenvalue weighted by Crippen LogP contribution is 2.33. The second kappa shape index (κ2) is 19.4. The number of nitrogens with one attached hydrogen (secondary N) is 6. The van der Waals surface area contributed by atoms with E-state index in [-0.39, 0.29) is 33.8 Å². The van der Waals surface area contributed by atoms with E-state index in [4.69, 9.17) is 14.2 Å². The molecule has 0 aromatic heterocycles. The molecule has 0 radical (unpaired) electrons. The lowest BCUT2D eigenvalue weighted by molar-refractivity contribution is 0.0624. The van der Waals surface area contributed by atoms with Gasteiger partial charge in [0.2, 0.25) is 0 Å². The SMILES string of the molecule is CC(C)(C)OC(=O)Nc1cc2cc(c1)-c1cccc(c1)NC(=O)c1cc(NC(=O)OC(C)(C)C)cc(c1)-c1cccc(c1)NC(=O)c1cc(NC(=O)OC(C)(C)C)cc(c1)-c1cccc(c1)NC2=O. The molecular formula is C54H54N6O9. The quantitative estimate of drug-likeness (QED) is 0.0934. The number of anilines is 6. The molecular weight excluding hydrogens is 877 g/mol. The smallest absolute Gasteiger partial charge is 0.412 e. The van der Waals surface area contributed by atoms with E-state index in [9.17, 15) is 28.8 Å². The summed E-state index contributed by atoms with van der Waals surface area (Å²) in [7, 11) is 0. The van der Waals surface area contributed by atoms with Gasteiger partial charge in [0.15, 0.2) is 0 Å². The van der Waals surface area contributed by atoms with Gasteiger partial charge in [0.1, 0.15) is 16.8 Å².